The Morgan fingerprint density at radius 1 is 0.328 bits per heavy atom. The van der Waals surface area contributed by atoms with Gasteiger partial charge in [0, 0.05) is 27.7 Å². The molecule has 0 aromatic carbocycles. The summed E-state index contributed by atoms with van der Waals surface area (Å²) < 4.78 is 4.34. The quantitative estimate of drug-likeness (QED) is 0.152. The van der Waals surface area contributed by atoms with Crippen molar-refractivity contribution in [3.8, 4) is 0 Å². The summed E-state index contributed by atoms with van der Waals surface area (Å²) in [6, 6.07) is 3.51. The zero-order valence-corrected chi connectivity index (χ0v) is 48.1. The Hall–Kier alpha value is -0.320. The van der Waals surface area contributed by atoms with Crippen molar-refractivity contribution < 1.29 is 17.9 Å². The van der Waals surface area contributed by atoms with Crippen LogP contribution in [0.1, 0.15) is 173 Å². The first-order valence-electron chi connectivity index (χ1n) is 22.9. The van der Waals surface area contributed by atoms with Crippen molar-refractivity contribution in [2.45, 2.75) is 231 Å². The molecule has 0 fully saturated rings. The lowest BCUT2D eigenvalue weighted by Gasteiger charge is -2.43. The molecule has 0 N–H and O–H groups in total. The summed E-state index contributed by atoms with van der Waals surface area (Å²) >= 11 is 0. The minimum atomic E-state index is 0.250. The van der Waals surface area contributed by atoms with Crippen molar-refractivity contribution in [2.75, 3.05) is 105 Å². The fourth-order valence-corrected chi connectivity index (χ4v) is 4.53. The smallest absolute Gasteiger partial charge is 0.207 e. The highest BCUT2D eigenvalue weighted by Crippen LogP contribution is 2.22. The molecule has 0 aromatic heterocycles. The van der Waals surface area contributed by atoms with Gasteiger partial charge < -0.3 is 8.97 Å². The summed E-state index contributed by atoms with van der Waals surface area (Å²) in [7, 11) is 27.1. The standard InChI is InChI=1S/C11H28N2.C11H27N2.C11H26N2.C9H21N.C8H20N/c1-10(2)12(5,6)9-13(7,8)11(3)4;1-10(2)13(7,8)9-12(6)11(3,4)5;1-10(2,3)12(7)9-13(8)11(4,5)6;1-8(2,3)10(7)9(4,5)6;1-7(2)9(5,6)8(3)4/h10-11H,9H2,1-8H3;10H,9H2,1-8H3;9H2,1-8H3;1-7H3;7-8H,1-6H3/q+2;+1;;;+1. The second-order valence-corrected chi connectivity index (χ2v) is 26.4. The van der Waals surface area contributed by atoms with Crippen LogP contribution in [0.2, 0.25) is 0 Å². The maximum absolute atomic E-state index is 2.41. The van der Waals surface area contributed by atoms with Crippen molar-refractivity contribution in [3.63, 3.8) is 0 Å². The van der Waals surface area contributed by atoms with E-state index in [0.717, 1.165) is 43.4 Å². The number of rotatable bonds is 11. The van der Waals surface area contributed by atoms with Gasteiger partial charge in [0.25, 0.3) is 0 Å². The monoisotopic (exact) mass is 835 g/mol. The molecular weight excluding hydrogens is 713 g/mol. The average Bonchev–Trinajstić information content (AvgIpc) is 2.94. The Balaban J connectivity index is -0.000000203. The van der Waals surface area contributed by atoms with Crippen molar-refractivity contribution in [3.05, 3.63) is 0 Å². The summed E-state index contributed by atoms with van der Waals surface area (Å²) in [4.78, 5) is 9.50. The lowest BCUT2D eigenvalue weighted by atomic mass is 9.98. The van der Waals surface area contributed by atoms with Crippen LogP contribution in [-0.2, 0) is 0 Å². The first-order chi connectivity index (χ1) is 24.8. The van der Waals surface area contributed by atoms with Gasteiger partial charge in [-0.1, -0.05) is 0 Å². The van der Waals surface area contributed by atoms with Gasteiger partial charge in [-0.2, -0.15) is 0 Å². The van der Waals surface area contributed by atoms with Gasteiger partial charge in [0.1, 0.15) is 6.67 Å². The van der Waals surface area contributed by atoms with Crippen LogP contribution in [0.4, 0.5) is 0 Å². The fourth-order valence-electron chi connectivity index (χ4n) is 4.53. The molecule has 0 atom stereocenters. The van der Waals surface area contributed by atoms with Crippen LogP contribution in [0.5, 0.6) is 0 Å². The molecule has 8 nitrogen and oxygen atoms in total. The van der Waals surface area contributed by atoms with Crippen molar-refractivity contribution in [1.82, 2.24) is 19.6 Å². The van der Waals surface area contributed by atoms with Crippen LogP contribution in [-0.4, -0.2) is 200 Å². The second-order valence-electron chi connectivity index (χ2n) is 26.4. The largest absolute Gasteiger partial charge is 0.325 e. The minimum Gasteiger partial charge on any atom is -0.325 e. The predicted molar refractivity (Wildman–Crippen MR) is 269 cm³/mol. The number of nitrogens with zero attached hydrogens (tertiary/aromatic N) is 8. The molecule has 0 aromatic rings. The lowest BCUT2D eigenvalue weighted by Crippen LogP contribution is -2.60. The predicted octanol–water partition coefficient (Wildman–Crippen LogP) is 10.9. The van der Waals surface area contributed by atoms with E-state index in [4.69, 9.17) is 0 Å². The van der Waals surface area contributed by atoms with Crippen LogP contribution in [0, 0.1) is 0 Å². The average molecular weight is 836 g/mol. The van der Waals surface area contributed by atoms with Gasteiger partial charge in [0.2, 0.25) is 6.67 Å². The highest BCUT2D eigenvalue weighted by molar-refractivity contribution is 4.83. The minimum absolute atomic E-state index is 0.250. The Kier molecular flexibility index (Phi) is 28.9. The van der Waals surface area contributed by atoms with E-state index in [1.807, 2.05) is 0 Å². The molecule has 0 heterocycles. The van der Waals surface area contributed by atoms with Gasteiger partial charge in [-0.15, -0.1) is 0 Å². The molecule has 8 heteroatoms. The number of hydrogen-bond acceptors (Lipinski definition) is 4. The molecule has 0 aliphatic rings. The topological polar surface area (TPSA) is 13.0 Å². The van der Waals surface area contributed by atoms with E-state index in [9.17, 15) is 0 Å². The molecule has 0 saturated heterocycles. The number of quaternary nitrogens is 4. The third-order valence-corrected chi connectivity index (χ3v) is 14.0. The molecule has 0 spiro atoms. The van der Waals surface area contributed by atoms with E-state index < -0.39 is 0 Å². The van der Waals surface area contributed by atoms with Crippen molar-refractivity contribution in [2.24, 2.45) is 0 Å². The normalized spacial score (nSPS) is 14.2. The third kappa shape index (κ3) is 29.9. The van der Waals surface area contributed by atoms with E-state index in [0.29, 0.717) is 18.1 Å². The molecular formula is C50H122N8+4. The van der Waals surface area contributed by atoms with Gasteiger partial charge in [-0.25, -0.2) is 0 Å². The Bertz CT molecular complexity index is 974. The van der Waals surface area contributed by atoms with Crippen LogP contribution in [0.15, 0.2) is 0 Å². The SMILES string of the molecule is CC(C)[N+](C)(C)C(C)C.CC(C)[N+](C)(C)CN(C)C(C)(C)C.CC(C)[N+](C)(C)C[N+](C)(C)C(C)C.CN(C(C)(C)C)C(C)(C)C.CN(CN(C)C(C)(C)C)C(C)(C)C. The van der Waals surface area contributed by atoms with Crippen molar-refractivity contribution >= 4 is 0 Å². The van der Waals surface area contributed by atoms with Gasteiger partial charge >= 0.3 is 0 Å². The van der Waals surface area contributed by atoms with E-state index in [1.165, 1.54) is 6.67 Å². The van der Waals surface area contributed by atoms with Crippen LogP contribution in [0.25, 0.3) is 0 Å². The summed E-state index contributed by atoms with van der Waals surface area (Å²) in [6.45, 7) is 59.7. The van der Waals surface area contributed by atoms with Crippen LogP contribution < -0.4 is 0 Å². The first kappa shape index (κ1) is 66.8. The molecule has 358 valence electrons. The molecule has 0 bridgehead atoms. The van der Waals surface area contributed by atoms with Gasteiger partial charge in [0.15, 0.2) is 0 Å². The maximum atomic E-state index is 2.41. The maximum Gasteiger partial charge on any atom is 0.207 e. The van der Waals surface area contributed by atoms with Gasteiger partial charge in [0.05, 0.1) is 93.3 Å². The Labute approximate surface area is 372 Å². The van der Waals surface area contributed by atoms with E-state index in [1.54, 1.807) is 0 Å². The molecule has 0 radical (unpaired) electrons. The van der Waals surface area contributed by atoms with E-state index >= 15 is 0 Å². The lowest BCUT2D eigenvalue weighted by molar-refractivity contribution is -1.09. The molecule has 0 saturated carbocycles. The molecule has 0 amide bonds. The summed E-state index contributed by atoms with van der Waals surface area (Å²) in [5.74, 6) is 0. The van der Waals surface area contributed by atoms with Gasteiger partial charge in [-0.05, 0) is 201 Å². The van der Waals surface area contributed by atoms with Crippen LogP contribution in [0.3, 0.4) is 0 Å². The zero-order chi connectivity index (χ0) is 48.8. The van der Waals surface area contributed by atoms with Crippen LogP contribution >= 0.6 is 0 Å². The highest BCUT2D eigenvalue weighted by Gasteiger charge is 2.32. The van der Waals surface area contributed by atoms with Crippen molar-refractivity contribution in [1.29, 1.82) is 0 Å². The molecule has 0 aliphatic heterocycles. The number of hydrogen-bond donors (Lipinski definition) is 0. The fraction of sp³-hybridized carbons (Fsp3) is 1.00. The first-order valence-corrected chi connectivity index (χ1v) is 22.9. The third-order valence-electron chi connectivity index (χ3n) is 14.0. The highest BCUT2D eigenvalue weighted by atomic mass is 15.5. The summed E-state index contributed by atoms with van der Waals surface area (Å²) in [6.07, 6.45) is 0. The Morgan fingerprint density at radius 2 is 0.552 bits per heavy atom. The summed E-state index contributed by atoms with van der Waals surface area (Å²) in [5, 5.41) is 0. The second kappa shape index (κ2) is 25.1. The van der Waals surface area contributed by atoms with E-state index in [-0.39, 0.29) is 27.7 Å². The van der Waals surface area contributed by atoms with E-state index in [2.05, 4.69) is 277 Å². The zero-order valence-electron chi connectivity index (χ0n) is 48.1. The molecule has 0 unspecified atom stereocenters. The Morgan fingerprint density at radius 3 is 0.672 bits per heavy atom. The molecule has 0 aliphatic carbocycles. The molecule has 0 rings (SSSR count). The molecule has 58 heavy (non-hydrogen) atoms. The van der Waals surface area contributed by atoms with Gasteiger partial charge in [-0.3, -0.25) is 28.6 Å². The summed E-state index contributed by atoms with van der Waals surface area (Å²) in [5.41, 5.74) is 1.32.